The molecule has 0 atom stereocenters. The molecule has 0 radical (unpaired) electrons. The summed E-state index contributed by atoms with van der Waals surface area (Å²) in [6.45, 7) is 5.69. The van der Waals surface area contributed by atoms with E-state index in [0.717, 1.165) is 19.5 Å². The number of anilines is 2. The summed E-state index contributed by atoms with van der Waals surface area (Å²) >= 11 is 5.97. The monoisotopic (exact) mass is 305 g/mol. The quantitative estimate of drug-likeness (QED) is 0.887. The maximum absolute atomic E-state index is 5.97. The molecule has 0 aliphatic carbocycles. The van der Waals surface area contributed by atoms with Crippen LogP contribution in [0.3, 0.4) is 0 Å². The number of aromatic nitrogens is 3. The summed E-state index contributed by atoms with van der Waals surface area (Å²) in [6.07, 6.45) is 0.998. The number of hydrogen-bond donors (Lipinski definition) is 1. The van der Waals surface area contributed by atoms with E-state index in [1.54, 1.807) is 0 Å². The van der Waals surface area contributed by atoms with Crippen LogP contribution in [0, 0.1) is 6.92 Å². The average molecular weight is 306 g/mol. The summed E-state index contributed by atoms with van der Waals surface area (Å²) in [4.78, 5) is 14.6. The number of aryl methyl sites for hydroxylation is 1. The fourth-order valence-corrected chi connectivity index (χ4v) is 2.14. The lowest BCUT2D eigenvalue weighted by Crippen LogP contribution is -2.20. The summed E-state index contributed by atoms with van der Waals surface area (Å²) < 4.78 is 0. The second-order valence-corrected chi connectivity index (χ2v) is 5.34. The first-order valence-corrected chi connectivity index (χ1v) is 7.38. The minimum Gasteiger partial charge on any atom is -0.354 e. The average Bonchev–Trinajstić information content (AvgIpc) is 2.44. The molecule has 0 unspecified atom stereocenters. The van der Waals surface area contributed by atoms with Crippen molar-refractivity contribution in [3.05, 3.63) is 40.7 Å². The Labute approximate surface area is 130 Å². The number of hydrogen-bond acceptors (Lipinski definition) is 5. The van der Waals surface area contributed by atoms with E-state index in [1.165, 1.54) is 11.1 Å². The zero-order valence-electron chi connectivity index (χ0n) is 12.6. The molecule has 1 heterocycles. The molecular formula is C15H20ClN5. The first-order valence-electron chi connectivity index (χ1n) is 7.00. The predicted octanol–water partition coefficient (Wildman–Crippen LogP) is 3.29. The van der Waals surface area contributed by atoms with Crippen LogP contribution in [0.4, 0.5) is 11.9 Å². The van der Waals surface area contributed by atoms with Crippen molar-refractivity contribution >= 4 is 23.5 Å². The third kappa shape index (κ3) is 4.56. The molecule has 1 N–H and O–H groups in total. The molecule has 1 aromatic heterocycles. The molecule has 2 rings (SSSR count). The molecule has 112 valence electrons. The van der Waals surface area contributed by atoms with Crippen LogP contribution in [-0.2, 0) is 6.54 Å². The van der Waals surface area contributed by atoms with Crippen LogP contribution in [-0.4, -0.2) is 28.5 Å². The Morgan fingerprint density at radius 2 is 2.05 bits per heavy atom. The van der Waals surface area contributed by atoms with E-state index in [2.05, 4.69) is 52.3 Å². The summed E-state index contributed by atoms with van der Waals surface area (Å²) in [7, 11) is 1.94. The van der Waals surface area contributed by atoms with Gasteiger partial charge in [0.2, 0.25) is 17.2 Å². The topological polar surface area (TPSA) is 53.9 Å². The highest BCUT2D eigenvalue weighted by molar-refractivity contribution is 6.28. The highest BCUT2D eigenvalue weighted by Gasteiger charge is 2.10. The van der Waals surface area contributed by atoms with E-state index in [1.807, 2.05) is 18.0 Å². The molecule has 2 aromatic rings. The van der Waals surface area contributed by atoms with Crippen molar-refractivity contribution in [3.63, 3.8) is 0 Å². The molecule has 21 heavy (non-hydrogen) atoms. The smallest absolute Gasteiger partial charge is 0.231 e. The van der Waals surface area contributed by atoms with Gasteiger partial charge in [0.05, 0.1) is 0 Å². The SMILES string of the molecule is CCCNc1nc(Cl)nc(N(C)Cc2cccc(C)c2)n1. The van der Waals surface area contributed by atoms with Crippen LogP contribution < -0.4 is 10.2 Å². The van der Waals surface area contributed by atoms with Crippen molar-refractivity contribution in [3.8, 4) is 0 Å². The van der Waals surface area contributed by atoms with Crippen molar-refractivity contribution in [2.75, 3.05) is 23.8 Å². The van der Waals surface area contributed by atoms with Gasteiger partial charge in [0, 0.05) is 20.1 Å². The second kappa shape index (κ2) is 7.22. The van der Waals surface area contributed by atoms with Crippen LogP contribution in [0.1, 0.15) is 24.5 Å². The van der Waals surface area contributed by atoms with Crippen molar-refractivity contribution in [1.82, 2.24) is 15.0 Å². The third-order valence-corrected chi connectivity index (χ3v) is 3.14. The van der Waals surface area contributed by atoms with E-state index in [4.69, 9.17) is 11.6 Å². The van der Waals surface area contributed by atoms with Crippen molar-refractivity contribution in [2.45, 2.75) is 26.8 Å². The molecule has 1 aromatic carbocycles. The van der Waals surface area contributed by atoms with Crippen molar-refractivity contribution in [1.29, 1.82) is 0 Å². The highest BCUT2D eigenvalue weighted by atomic mass is 35.5. The Morgan fingerprint density at radius 1 is 1.24 bits per heavy atom. The van der Waals surface area contributed by atoms with Gasteiger partial charge in [-0.25, -0.2) is 0 Å². The maximum atomic E-state index is 5.97. The zero-order chi connectivity index (χ0) is 15.2. The normalized spacial score (nSPS) is 10.5. The molecule has 0 aliphatic heterocycles. The Bertz CT molecular complexity index is 602. The first-order chi connectivity index (χ1) is 10.1. The van der Waals surface area contributed by atoms with Gasteiger partial charge in [0.15, 0.2) is 0 Å². The fraction of sp³-hybridized carbons (Fsp3) is 0.400. The largest absolute Gasteiger partial charge is 0.354 e. The Kier molecular flexibility index (Phi) is 5.33. The lowest BCUT2D eigenvalue weighted by molar-refractivity contribution is 0.847. The van der Waals surface area contributed by atoms with Gasteiger partial charge >= 0.3 is 0 Å². The maximum Gasteiger partial charge on any atom is 0.231 e. The zero-order valence-corrected chi connectivity index (χ0v) is 13.4. The van der Waals surface area contributed by atoms with E-state index in [-0.39, 0.29) is 5.28 Å². The van der Waals surface area contributed by atoms with Crippen molar-refractivity contribution < 1.29 is 0 Å². The summed E-state index contributed by atoms with van der Waals surface area (Å²) in [5.74, 6) is 1.08. The lowest BCUT2D eigenvalue weighted by atomic mass is 10.1. The van der Waals surface area contributed by atoms with E-state index in [0.29, 0.717) is 11.9 Å². The Balaban J connectivity index is 2.14. The number of nitrogens with one attached hydrogen (secondary N) is 1. The highest BCUT2D eigenvalue weighted by Crippen LogP contribution is 2.15. The number of rotatable bonds is 6. The molecule has 5 nitrogen and oxygen atoms in total. The number of nitrogens with zero attached hydrogens (tertiary/aromatic N) is 4. The molecule has 6 heteroatoms. The fourth-order valence-electron chi connectivity index (χ4n) is 1.98. The van der Waals surface area contributed by atoms with Crippen LogP contribution >= 0.6 is 11.6 Å². The van der Waals surface area contributed by atoms with Crippen LogP contribution in [0.25, 0.3) is 0 Å². The van der Waals surface area contributed by atoms with Crippen LogP contribution in [0.5, 0.6) is 0 Å². The third-order valence-electron chi connectivity index (χ3n) is 2.97. The minimum absolute atomic E-state index is 0.203. The summed E-state index contributed by atoms with van der Waals surface area (Å²) in [6, 6.07) is 8.36. The van der Waals surface area contributed by atoms with E-state index < -0.39 is 0 Å². The van der Waals surface area contributed by atoms with Crippen LogP contribution in [0.2, 0.25) is 5.28 Å². The van der Waals surface area contributed by atoms with Gasteiger partial charge in [0.1, 0.15) is 0 Å². The molecule has 0 bridgehead atoms. The molecule has 0 saturated carbocycles. The molecule has 0 amide bonds. The summed E-state index contributed by atoms with van der Waals surface area (Å²) in [5, 5.41) is 3.33. The Hall–Kier alpha value is -1.88. The van der Waals surface area contributed by atoms with Gasteiger partial charge in [-0.1, -0.05) is 36.8 Å². The van der Waals surface area contributed by atoms with Gasteiger partial charge in [-0.3, -0.25) is 0 Å². The summed E-state index contributed by atoms with van der Waals surface area (Å²) in [5.41, 5.74) is 2.44. The van der Waals surface area contributed by atoms with E-state index >= 15 is 0 Å². The second-order valence-electron chi connectivity index (χ2n) is 5.00. The van der Waals surface area contributed by atoms with Gasteiger partial charge < -0.3 is 10.2 Å². The van der Waals surface area contributed by atoms with Gasteiger partial charge in [-0.2, -0.15) is 15.0 Å². The molecule has 0 spiro atoms. The standard InChI is InChI=1S/C15H20ClN5/c1-4-8-17-14-18-13(16)19-15(20-14)21(3)10-12-7-5-6-11(2)9-12/h5-7,9H,4,8,10H2,1-3H3,(H,17,18,19,20). The lowest BCUT2D eigenvalue weighted by Gasteiger charge is -2.18. The molecular weight excluding hydrogens is 286 g/mol. The van der Waals surface area contributed by atoms with Gasteiger partial charge in [-0.05, 0) is 30.5 Å². The Morgan fingerprint density at radius 3 is 2.76 bits per heavy atom. The van der Waals surface area contributed by atoms with E-state index in [9.17, 15) is 0 Å². The molecule has 0 saturated heterocycles. The number of halogens is 1. The van der Waals surface area contributed by atoms with Gasteiger partial charge in [-0.15, -0.1) is 0 Å². The minimum atomic E-state index is 0.203. The van der Waals surface area contributed by atoms with Crippen molar-refractivity contribution in [2.24, 2.45) is 0 Å². The molecule has 0 fully saturated rings. The van der Waals surface area contributed by atoms with Crippen LogP contribution in [0.15, 0.2) is 24.3 Å². The predicted molar refractivity (Wildman–Crippen MR) is 86.9 cm³/mol. The number of benzene rings is 1. The molecule has 0 aliphatic rings. The first kappa shape index (κ1) is 15.5. The van der Waals surface area contributed by atoms with Gasteiger partial charge in [0.25, 0.3) is 0 Å².